The van der Waals surface area contributed by atoms with Crippen LogP contribution in [0.5, 0.6) is 0 Å². The van der Waals surface area contributed by atoms with Gasteiger partial charge in [0.2, 0.25) is 0 Å². The van der Waals surface area contributed by atoms with E-state index in [1.807, 2.05) is 11.7 Å². The number of hydrogen-bond donors (Lipinski definition) is 2. The Balaban J connectivity index is 2.70. The van der Waals surface area contributed by atoms with E-state index < -0.39 is 5.91 Å². The summed E-state index contributed by atoms with van der Waals surface area (Å²) >= 11 is 1.63. The molecule has 3 N–H and O–H groups in total. The summed E-state index contributed by atoms with van der Waals surface area (Å²) in [5, 5.41) is 0. The van der Waals surface area contributed by atoms with E-state index in [-0.39, 0.29) is 5.76 Å². The predicted molar refractivity (Wildman–Crippen MR) is 47.6 cm³/mol. The van der Waals surface area contributed by atoms with Gasteiger partial charge in [-0.1, -0.05) is 0 Å². The van der Waals surface area contributed by atoms with Crippen molar-refractivity contribution in [3.63, 3.8) is 0 Å². The highest BCUT2D eigenvalue weighted by atomic mass is 32.2. The fraction of sp³-hybridized carbons (Fsp3) is 0.286. The second kappa shape index (κ2) is 4.18. The second-order valence-corrected chi connectivity index (χ2v) is 3.04. The summed E-state index contributed by atoms with van der Waals surface area (Å²) in [6, 6.07) is 3.37. The Labute approximate surface area is 74.5 Å². The van der Waals surface area contributed by atoms with Gasteiger partial charge >= 0.3 is 5.91 Å². The normalized spacial score (nSPS) is 9.83. The van der Waals surface area contributed by atoms with Crippen LogP contribution in [0.2, 0.25) is 0 Å². The number of carbonyl (C=O) groups excluding carboxylic acids is 1. The molecule has 0 radical (unpaired) electrons. The molecule has 0 saturated carbocycles. The number of nitrogens with one attached hydrogen (secondary N) is 1. The maximum Gasteiger partial charge on any atom is 0.300 e. The van der Waals surface area contributed by atoms with Crippen LogP contribution in [0.1, 0.15) is 16.3 Å². The van der Waals surface area contributed by atoms with Crippen molar-refractivity contribution in [1.29, 1.82) is 0 Å². The quantitative estimate of drug-likeness (QED) is 0.415. The van der Waals surface area contributed by atoms with Crippen LogP contribution in [0.3, 0.4) is 0 Å². The molecular formula is C7H10N2O2S. The van der Waals surface area contributed by atoms with Gasteiger partial charge in [0.25, 0.3) is 0 Å². The molecule has 5 heteroatoms. The Hall–Kier alpha value is -0.940. The van der Waals surface area contributed by atoms with E-state index >= 15 is 0 Å². The molecule has 0 aliphatic heterocycles. The molecule has 0 aliphatic carbocycles. The molecule has 0 aliphatic rings. The van der Waals surface area contributed by atoms with Crippen molar-refractivity contribution in [3.8, 4) is 0 Å². The Morgan fingerprint density at radius 2 is 2.50 bits per heavy atom. The largest absolute Gasteiger partial charge is 0.455 e. The van der Waals surface area contributed by atoms with Gasteiger partial charge < -0.3 is 4.42 Å². The zero-order valence-electron chi connectivity index (χ0n) is 6.66. The van der Waals surface area contributed by atoms with Gasteiger partial charge in [-0.25, -0.2) is 5.84 Å². The number of amides is 1. The molecule has 1 aromatic heterocycles. The van der Waals surface area contributed by atoms with Crippen molar-refractivity contribution in [3.05, 3.63) is 23.7 Å². The molecular weight excluding hydrogens is 176 g/mol. The van der Waals surface area contributed by atoms with E-state index in [1.54, 1.807) is 23.9 Å². The predicted octanol–water partition coefficient (Wildman–Crippen LogP) is 0.746. The Bertz CT molecular complexity index is 272. The molecule has 0 saturated heterocycles. The van der Waals surface area contributed by atoms with Crippen LogP contribution >= 0.6 is 11.8 Å². The molecule has 0 aromatic carbocycles. The first kappa shape index (κ1) is 9.15. The number of rotatable bonds is 3. The van der Waals surface area contributed by atoms with Gasteiger partial charge in [-0.3, -0.25) is 10.2 Å². The van der Waals surface area contributed by atoms with Gasteiger partial charge in [0.05, 0.1) is 5.75 Å². The van der Waals surface area contributed by atoms with Crippen molar-refractivity contribution >= 4 is 17.7 Å². The molecule has 1 rings (SSSR count). The highest BCUT2D eigenvalue weighted by Gasteiger charge is 2.08. The highest BCUT2D eigenvalue weighted by molar-refractivity contribution is 7.97. The SMILES string of the molecule is CSCc1ccc(C(=O)NN)o1. The van der Waals surface area contributed by atoms with E-state index in [4.69, 9.17) is 10.3 Å². The van der Waals surface area contributed by atoms with Gasteiger partial charge in [-0.15, -0.1) is 0 Å². The molecule has 0 fully saturated rings. The molecule has 66 valence electrons. The molecule has 12 heavy (non-hydrogen) atoms. The topological polar surface area (TPSA) is 68.3 Å². The molecule has 0 spiro atoms. The summed E-state index contributed by atoms with van der Waals surface area (Å²) in [6.45, 7) is 0. The van der Waals surface area contributed by atoms with Gasteiger partial charge in [0, 0.05) is 0 Å². The van der Waals surface area contributed by atoms with Gasteiger partial charge in [0.1, 0.15) is 5.76 Å². The van der Waals surface area contributed by atoms with E-state index in [2.05, 4.69) is 0 Å². The number of nitrogens with two attached hydrogens (primary N) is 1. The molecule has 0 unspecified atom stereocenters. The van der Waals surface area contributed by atoms with E-state index in [0.717, 1.165) is 11.5 Å². The van der Waals surface area contributed by atoms with Crippen molar-refractivity contribution in [2.24, 2.45) is 5.84 Å². The number of hydrazine groups is 1. The number of carbonyl (C=O) groups is 1. The summed E-state index contributed by atoms with van der Waals surface area (Å²) in [5.74, 6) is 6.31. The first-order valence-electron chi connectivity index (χ1n) is 3.36. The third-order valence-corrected chi connectivity index (χ3v) is 1.88. The number of thioether (sulfide) groups is 1. The summed E-state index contributed by atoms with van der Waals surface area (Å²) in [5.41, 5.74) is 2.00. The van der Waals surface area contributed by atoms with Crippen LogP contribution in [0.15, 0.2) is 16.5 Å². The minimum Gasteiger partial charge on any atom is -0.455 e. The lowest BCUT2D eigenvalue weighted by Gasteiger charge is -1.93. The minimum absolute atomic E-state index is 0.251. The molecule has 1 heterocycles. The average Bonchev–Trinajstić information content (AvgIpc) is 2.52. The van der Waals surface area contributed by atoms with E-state index in [9.17, 15) is 4.79 Å². The lowest BCUT2D eigenvalue weighted by atomic mass is 10.4. The van der Waals surface area contributed by atoms with Crippen LogP contribution in [0.25, 0.3) is 0 Å². The average molecular weight is 186 g/mol. The lowest BCUT2D eigenvalue weighted by Crippen LogP contribution is -2.29. The highest BCUT2D eigenvalue weighted by Crippen LogP contribution is 2.12. The standard InChI is InChI=1S/C7H10N2O2S/c1-12-4-5-2-3-6(11-5)7(10)9-8/h2-3H,4,8H2,1H3,(H,9,10). The number of hydrogen-bond acceptors (Lipinski definition) is 4. The van der Waals surface area contributed by atoms with Gasteiger partial charge in [-0.2, -0.15) is 11.8 Å². The van der Waals surface area contributed by atoms with Crippen LogP contribution in [-0.2, 0) is 5.75 Å². The lowest BCUT2D eigenvalue weighted by molar-refractivity contribution is 0.0924. The van der Waals surface area contributed by atoms with Crippen LogP contribution < -0.4 is 11.3 Å². The number of furan rings is 1. The van der Waals surface area contributed by atoms with Crippen molar-refractivity contribution in [2.45, 2.75) is 5.75 Å². The summed E-state index contributed by atoms with van der Waals surface area (Å²) in [4.78, 5) is 10.9. The molecule has 1 amide bonds. The maximum absolute atomic E-state index is 10.9. The molecule has 4 nitrogen and oxygen atoms in total. The minimum atomic E-state index is -0.401. The van der Waals surface area contributed by atoms with Gasteiger partial charge in [-0.05, 0) is 18.4 Å². The van der Waals surface area contributed by atoms with Crippen LogP contribution in [0.4, 0.5) is 0 Å². The van der Waals surface area contributed by atoms with E-state index in [0.29, 0.717) is 0 Å². The second-order valence-electron chi connectivity index (χ2n) is 2.17. The van der Waals surface area contributed by atoms with Crippen LogP contribution in [-0.4, -0.2) is 12.2 Å². The third kappa shape index (κ3) is 2.02. The van der Waals surface area contributed by atoms with Crippen LogP contribution in [0, 0.1) is 0 Å². The van der Waals surface area contributed by atoms with Crippen molar-refractivity contribution < 1.29 is 9.21 Å². The Morgan fingerprint density at radius 1 is 1.75 bits per heavy atom. The summed E-state index contributed by atoms with van der Waals surface area (Å²) in [7, 11) is 0. The maximum atomic E-state index is 10.9. The summed E-state index contributed by atoms with van der Waals surface area (Å²) < 4.78 is 5.16. The molecule has 0 atom stereocenters. The monoisotopic (exact) mass is 186 g/mol. The van der Waals surface area contributed by atoms with Crippen molar-refractivity contribution in [1.82, 2.24) is 5.43 Å². The number of nitrogen functional groups attached to an aromatic ring is 1. The summed E-state index contributed by atoms with van der Waals surface area (Å²) in [6.07, 6.45) is 1.96. The smallest absolute Gasteiger partial charge is 0.300 e. The zero-order chi connectivity index (χ0) is 8.97. The zero-order valence-corrected chi connectivity index (χ0v) is 7.48. The Morgan fingerprint density at radius 3 is 3.08 bits per heavy atom. The van der Waals surface area contributed by atoms with Gasteiger partial charge in [0.15, 0.2) is 5.76 Å². The first-order valence-corrected chi connectivity index (χ1v) is 4.76. The fourth-order valence-corrected chi connectivity index (χ4v) is 1.23. The third-order valence-electron chi connectivity index (χ3n) is 1.30. The fourth-order valence-electron chi connectivity index (χ4n) is 0.791. The van der Waals surface area contributed by atoms with E-state index in [1.165, 1.54) is 0 Å². The molecule has 1 aromatic rings. The Kier molecular flexibility index (Phi) is 3.19. The first-order chi connectivity index (χ1) is 5.77. The van der Waals surface area contributed by atoms with Crippen molar-refractivity contribution in [2.75, 3.05) is 6.26 Å². The molecule has 0 bridgehead atoms.